The quantitative estimate of drug-likeness (QED) is 0.734. The van der Waals surface area contributed by atoms with E-state index in [1.54, 1.807) is 20.8 Å². The van der Waals surface area contributed by atoms with Gasteiger partial charge in [-0.2, -0.15) is 0 Å². The van der Waals surface area contributed by atoms with E-state index in [0.29, 0.717) is 13.0 Å². The summed E-state index contributed by atoms with van der Waals surface area (Å²) in [6, 6.07) is 0. The van der Waals surface area contributed by atoms with Crippen LogP contribution in [0.3, 0.4) is 0 Å². The molecule has 1 aliphatic heterocycles. The van der Waals surface area contributed by atoms with Gasteiger partial charge in [0.2, 0.25) is 0 Å². The summed E-state index contributed by atoms with van der Waals surface area (Å²) in [7, 11) is 0. The lowest BCUT2D eigenvalue weighted by Crippen LogP contribution is -2.53. The fraction of sp³-hybridized carbons (Fsp3) is 0.833. The predicted octanol–water partition coefficient (Wildman–Crippen LogP) is 2.69. The number of nitrogens with zero attached hydrogens (tertiary/aromatic N) is 1. The zero-order valence-electron chi connectivity index (χ0n) is 11.0. The number of hydrogen-bond donors (Lipinski definition) is 0. The standard InChI is InChI=1S/C12H19BrFNO3/c1-11(2,3)18-10(17)15-6-4-5-12(14,8-15)9(16)7-13/h4-8H2,1-3H3. The van der Waals surface area contributed by atoms with Crippen LogP contribution in [-0.4, -0.2) is 46.5 Å². The molecule has 1 fully saturated rings. The van der Waals surface area contributed by atoms with Crippen LogP contribution in [0.25, 0.3) is 0 Å². The number of Topliss-reactive ketones (excluding diaryl/α,β-unsaturated/α-hetero) is 1. The van der Waals surface area contributed by atoms with E-state index < -0.39 is 23.1 Å². The van der Waals surface area contributed by atoms with Gasteiger partial charge in [0.15, 0.2) is 11.5 Å². The second-order valence-electron chi connectivity index (χ2n) is 5.53. The highest BCUT2D eigenvalue weighted by atomic mass is 79.9. The maximum atomic E-state index is 14.4. The van der Waals surface area contributed by atoms with Crippen LogP contribution in [0.15, 0.2) is 0 Å². The number of amides is 1. The number of likely N-dealkylation sites (tertiary alicyclic amines) is 1. The molecule has 1 rings (SSSR count). The fourth-order valence-corrected chi connectivity index (χ4v) is 2.34. The first-order valence-corrected chi connectivity index (χ1v) is 7.06. The third kappa shape index (κ3) is 3.93. The van der Waals surface area contributed by atoms with Crippen molar-refractivity contribution in [1.29, 1.82) is 0 Å². The molecule has 104 valence electrons. The number of ketones is 1. The van der Waals surface area contributed by atoms with Gasteiger partial charge in [0.1, 0.15) is 5.60 Å². The Morgan fingerprint density at radius 2 is 2.06 bits per heavy atom. The zero-order valence-corrected chi connectivity index (χ0v) is 12.5. The molecule has 1 aliphatic rings. The molecule has 0 aromatic carbocycles. The topological polar surface area (TPSA) is 46.6 Å². The average molecular weight is 324 g/mol. The second kappa shape index (κ2) is 5.55. The van der Waals surface area contributed by atoms with Crippen molar-refractivity contribution >= 4 is 27.8 Å². The number of ether oxygens (including phenoxy) is 1. The summed E-state index contributed by atoms with van der Waals surface area (Å²) in [6.07, 6.45) is 0.0668. The highest BCUT2D eigenvalue weighted by Gasteiger charge is 2.43. The summed E-state index contributed by atoms with van der Waals surface area (Å²) in [6.45, 7) is 5.46. The first-order chi connectivity index (χ1) is 8.18. The van der Waals surface area contributed by atoms with Crippen molar-refractivity contribution in [3.8, 4) is 0 Å². The van der Waals surface area contributed by atoms with Crippen LogP contribution in [-0.2, 0) is 9.53 Å². The Hall–Kier alpha value is -0.650. The van der Waals surface area contributed by atoms with Crippen LogP contribution < -0.4 is 0 Å². The van der Waals surface area contributed by atoms with E-state index in [1.165, 1.54) is 4.90 Å². The van der Waals surface area contributed by atoms with Crippen LogP contribution in [0, 0.1) is 0 Å². The maximum Gasteiger partial charge on any atom is 0.410 e. The van der Waals surface area contributed by atoms with Gasteiger partial charge in [-0.1, -0.05) is 15.9 Å². The molecule has 1 heterocycles. The molecule has 0 saturated carbocycles. The van der Waals surface area contributed by atoms with E-state index in [4.69, 9.17) is 4.74 Å². The van der Waals surface area contributed by atoms with Gasteiger partial charge >= 0.3 is 6.09 Å². The Bertz CT molecular complexity index is 343. The van der Waals surface area contributed by atoms with E-state index in [-0.39, 0.29) is 18.3 Å². The summed E-state index contributed by atoms with van der Waals surface area (Å²) >= 11 is 2.97. The predicted molar refractivity (Wildman–Crippen MR) is 69.7 cm³/mol. The van der Waals surface area contributed by atoms with Crippen molar-refractivity contribution in [3.63, 3.8) is 0 Å². The molecular formula is C12H19BrFNO3. The number of hydrogen-bond acceptors (Lipinski definition) is 3. The monoisotopic (exact) mass is 323 g/mol. The number of carbonyl (C=O) groups is 2. The Morgan fingerprint density at radius 1 is 1.44 bits per heavy atom. The van der Waals surface area contributed by atoms with Gasteiger partial charge < -0.3 is 9.64 Å². The van der Waals surface area contributed by atoms with Gasteiger partial charge in [-0.25, -0.2) is 9.18 Å². The highest BCUT2D eigenvalue weighted by molar-refractivity contribution is 9.09. The molecule has 6 heteroatoms. The number of rotatable bonds is 2. The first-order valence-electron chi connectivity index (χ1n) is 5.94. The average Bonchev–Trinajstić information content (AvgIpc) is 2.25. The molecule has 1 amide bonds. The van der Waals surface area contributed by atoms with Gasteiger partial charge in [0, 0.05) is 6.54 Å². The highest BCUT2D eigenvalue weighted by Crippen LogP contribution is 2.28. The van der Waals surface area contributed by atoms with Crippen LogP contribution in [0.4, 0.5) is 9.18 Å². The summed E-state index contributed by atoms with van der Waals surface area (Å²) in [4.78, 5) is 24.6. The minimum absolute atomic E-state index is 0.0361. The fourth-order valence-electron chi connectivity index (χ4n) is 1.84. The maximum absolute atomic E-state index is 14.4. The van der Waals surface area contributed by atoms with Crippen molar-refractivity contribution in [3.05, 3.63) is 0 Å². The smallest absolute Gasteiger partial charge is 0.410 e. The van der Waals surface area contributed by atoms with Crippen molar-refractivity contribution in [2.75, 3.05) is 18.4 Å². The lowest BCUT2D eigenvalue weighted by molar-refractivity contribution is -0.131. The Morgan fingerprint density at radius 3 is 2.56 bits per heavy atom. The molecule has 1 unspecified atom stereocenters. The number of piperidine rings is 1. The van der Waals surface area contributed by atoms with E-state index in [1.807, 2.05) is 0 Å². The summed E-state index contributed by atoms with van der Waals surface area (Å²) in [5, 5.41) is -0.0361. The summed E-state index contributed by atoms with van der Waals surface area (Å²) in [5.74, 6) is -0.518. The summed E-state index contributed by atoms with van der Waals surface area (Å²) < 4.78 is 19.6. The molecule has 1 saturated heterocycles. The largest absolute Gasteiger partial charge is 0.444 e. The SMILES string of the molecule is CC(C)(C)OC(=O)N1CCCC(F)(C(=O)CBr)C1. The van der Waals surface area contributed by atoms with Gasteiger partial charge in [0.25, 0.3) is 0 Å². The summed E-state index contributed by atoms with van der Waals surface area (Å²) in [5.41, 5.74) is -2.56. The van der Waals surface area contributed by atoms with E-state index >= 15 is 0 Å². The molecule has 0 spiro atoms. The van der Waals surface area contributed by atoms with Gasteiger partial charge in [-0.05, 0) is 33.6 Å². The first kappa shape index (κ1) is 15.4. The van der Waals surface area contributed by atoms with E-state index in [2.05, 4.69) is 15.9 Å². The van der Waals surface area contributed by atoms with Crippen molar-refractivity contribution in [2.45, 2.75) is 44.9 Å². The van der Waals surface area contributed by atoms with Crippen molar-refractivity contribution < 1.29 is 18.7 Å². The molecular weight excluding hydrogens is 305 g/mol. The molecule has 0 aromatic heterocycles. The second-order valence-corrected chi connectivity index (χ2v) is 6.09. The lowest BCUT2D eigenvalue weighted by Gasteiger charge is -2.36. The van der Waals surface area contributed by atoms with Crippen LogP contribution >= 0.6 is 15.9 Å². The van der Waals surface area contributed by atoms with Crippen LogP contribution in [0.5, 0.6) is 0 Å². The lowest BCUT2D eigenvalue weighted by atomic mass is 9.91. The number of halogens is 2. The van der Waals surface area contributed by atoms with E-state index in [0.717, 1.165) is 0 Å². The molecule has 18 heavy (non-hydrogen) atoms. The molecule has 0 N–H and O–H groups in total. The van der Waals surface area contributed by atoms with Crippen LogP contribution in [0.1, 0.15) is 33.6 Å². The molecule has 4 nitrogen and oxygen atoms in total. The molecule has 0 radical (unpaired) electrons. The zero-order chi connectivity index (χ0) is 14.0. The minimum Gasteiger partial charge on any atom is -0.444 e. The Balaban J connectivity index is 2.69. The molecule has 0 aromatic rings. The van der Waals surface area contributed by atoms with Crippen molar-refractivity contribution in [2.24, 2.45) is 0 Å². The van der Waals surface area contributed by atoms with Gasteiger partial charge in [0.05, 0.1) is 11.9 Å². The molecule has 1 atom stereocenters. The third-order valence-corrected chi connectivity index (χ3v) is 3.22. The normalized spacial score (nSPS) is 24.8. The Labute approximate surface area is 115 Å². The Kier molecular flexibility index (Phi) is 4.75. The van der Waals surface area contributed by atoms with E-state index in [9.17, 15) is 14.0 Å². The number of carbonyl (C=O) groups excluding carboxylic acids is 2. The molecule has 0 bridgehead atoms. The van der Waals surface area contributed by atoms with Crippen molar-refractivity contribution in [1.82, 2.24) is 4.90 Å². The van der Waals surface area contributed by atoms with Gasteiger partial charge in [-0.3, -0.25) is 4.79 Å². The minimum atomic E-state index is -1.95. The number of alkyl halides is 2. The molecule has 0 aliphatic carbocycles. The third-order valence-electron chi connectivity index (χ3n) is 2.72. The van der Waals surface area contributed by atoms with Gasteiger partial charge in [-0.15, -0.1) is 0 Å². The van der Waals surface area contributed by atoms with Crippen LogP contribution in [0.2, 0.25) is 0 Å².